The lowest BCUT2D eigenvalue weighted by Crippen LogP contribution is -2.45. The van der Waals surface area contributed by atoms with E-state index in [4.69, 9.17) is 0 Å². The lowest BCUT2D eigenvalue weighted by molar-refractivity contribution is -0.125. The number of rotatable bonds is 3. The van der Waals surface area contributed by atoms with Crippen LogP contribution in [0, 0.1) is 12.8 Å². The molecule has 1 heterocycles. The molecule has 2 aliphatic rings. The van der Waals surface area contributed by atoms with E-state index in [-0.39, 0.29) is 11.7 Å². The lowest BCUT2D eigenvalue weighted by atomic mass is 9.83. The second kappa shape index (κ2) is 4.94. The smallest absolute Gasteiger partial charge is 0.236 e. The van der Waals surface area contributed by atoms with Crippen LogP contribution in [-0.4, -0.2) is 17.2 Å². The highest BCUT2D eigenvalue weighted by molar-refractivity contribution is 9.10. The predicted molar refractivity (Wildman–Crippen MR) is 85.3 cm³/mol. The highest BCUT2D eigenvalue weighted by atomic mass is 79.9. The van der Waals surface area contributed by atoms with Gasteiger partial charge in [0.1, 0.15) is 5.92 Å². The number of ketones is 1. The predicted octanol–water partition coefficient (Wildman–Crippen LogP) is 3.27. The van der Waals surface area contributed by atoms with Gasteiger partial charge in [-0.15, -0.1) is 0 Å². The van der Waals surface area contributed by atoms with Crippen LogP contribution in [0.25, 0.3) is 0 Å². The zero-order chi connectivity index (χ0) is 15.4. The van der Waals surface area contributed by atoms with Crippen LogP contribution in [0.15, 0.2) is 16.6 Å². The van der Waals surface area contributed by atoms with Gasteiger partial charge in [-0.25, -0.2) is 0 Å². The van der Waals surface area contributed by atoms with Crippen molar-refractivity contribution in [1.29, 1.82) is 0 Å². The number of benzene rings is 1. The second-order valence-corrected chi connectivity index (χ2v) is 7.29. The van der Waals surface area contributed by atoms with Crippen molar-refractivity contribution in [2.75, 3.05) is 0 Å². The van der Waals surface area contributed by atoms with Gasteiger partial charge in [0.05, 0.1) is 5.54 Å². The maximum atomic E-state index is 12.9. The number of nitrogens with one attached hydrogen (secondary N) is 1. The van der Waals surface area contributed by atoms with E-state index in [1.165, 1.54) is 0 Å². The Labute approximate surface area is 133 Å². The summed E-state index contributed by atoms with van der Waals surface area (Å²) in [5, 5.41) is 2.97. The molecule has 2 atom stereocenters. The number of carbonyl (C=O) groups is 2. The third-order valence-corrected chi connectivity index (χ3v) is 5.50. The standard InChI is InChI=1S/C17H20BrNO2/c1-4-10-7-9(2)8-12(18)13(10)14-15(20)17(3,11-5-6-11)19-16(14)21/h7-8,11,14H,4-6H2,1-3H3,(H,19,21). The van der Waals surface area contributed by atoms with Gasteiger partial charge in [-0.3, -0.25) is 9.59 Å². The zero-order valence-corrected chi connectivity index (χ0v) is 14.2. The molecule has 112 valence electrons. The van der Waals surface area contributed by atoms with Crippen molar-refractivity contribution in [3.8, 4) is 0 Å². The van der Waals surface area contributed by atoms with E-state index in [0.29, 0.717) is 5.92 Å². The first-order valence-electron chi connectivity index (χ1n) is 7.53. The summed E-state index contributed by atoms with van der Waals surface area (Å²) in [6.07, 6.45) is 2.88. The molecule has 3 rings (SSSR count). The quantitative estimate of drug-likeness (QED) is 0.851. The first-order chi connectivity index (χ1) is 9.88. The zero-order valence-electron chi connectivity index (χ0n) is 12.6. The molecule has 0 spiro atoms. The SMILES string of the molecule is CCc1cc(C)cc(Br)c1C1C(=O)NC(C)(C2CC2)C1=O. The van der Waals surface area contributed by atoms with Crippen LogP contribution < -0.4 is 5.32 Å². The fourth-order valence-electron chi connectivity index (χ4n) is 3.48. The van der Waals surface area contributed by atoms with Gasteiger partial charge >= 0.3 is 0 Å². The molecule has 1 aliphatic carbocycles. The molecular weight excluding hydrogens is 330 g/mol. The molecule has 1 N–H and O–H groups in total. The van der Waals surface area contributed by atoms with Gasteiger partial charge in [0.25, 0.3) is 0 Å². The number of Topliss-reactive ketones (excluding diaryl/α,β-unsaturated/α-hetero) is 1. The number of aryl methyl sites for hydroxylation is 2. The van der Waals surface area contributed by atoms with E-state index < -0.39 is 11.5 Å². The van der Waals surface area contributed by atoms with Gasteiger partial charge in [0.15, 0.2) is 5.78 Å². The van der Waals surface area contributed by atoms with Gasteiger partial charge in [-0.05, 0) is 61.8 Å². The van der Waals surface area contributed by atoms with Crippen molar-refractivity contribution >= 4 is 27.6 Å². The molecule has 1 aromatic carbocycles. The fourth-order valence-corrected chi connectivity index (χ4v) is 4.32. The van der Waals surface area contributed by atoms with Crippen LogP contribution in [0.4, 0.5) is 0 Å². The molecule has 4 heteroatoms. The molecule has 1 saturated heterocycles. The molecule has 21 heavy (non-hydrogen) atoms. The number of carbonyl (C=O) groups excluding carboxylic acids is 2. The monoisotopic (exact) mass is 349 g/mol. The minimum atomic E-state index is -0.670. The van der Waals surface area contributed by atoms with Crippen molar-refractivity contribution in [1.82, 2.24) is 5.32 Å². The summed E-state index contributed by atoms with van der Waals surface area (Å²) in [5.41, 5.74) is 2.40. The maximum absolute atomic E-state index is 12.9. The van der Waals surface area contributed by atoms with E-state index in [1.807, 2.05) is 19.9 Å². The summed E-state index contributed by atoms with van der Waals surface area (Å²) in [4.78, 5) is 25.4. The van der Waals surface area contributed by atoms with E-state index in [1.54, 1.807) is 0 Å². The maximum Gasteiger partial charge on any atom is 0.236 e. The van der Waals surface area contributed by atoms with Crippen LogP contribution in [0.2, 0.25) is 0 Å². The molecule has 0 aromatic heterocycles. The Balaban J connectivity index is 2.08. The van der Waals surface area contributed by atoms with Gasteiger partial charge in [-0.1, -0.05) is 28.9 Å². The third-order valence-electron chi connectivity index (χ3n) is 4.84. The molecule has 2 unspecified atom stereocenters. The highest BCUT2D eigenvalue weighted by Gasteiger charge is 2.57. The van der Waals surface area contributed by atoms with Crippen LogP contribution in [0.3, 0.4) is 0 Å². The molecule has 3 nitrogen and oxygen atoms in total. The van der Waals surface area contributed by atoms with Gasteiger partial charge < -0.3 is 5.32 Å². The van der Waals surface area contributed by atoms with Gasteiger partial charge in [0, 0.05) is 4.47 Å². The van der Waals surface area contributed by atoms with Gasteiger partial charge in [-0.2, -0.15) is 0 Å². The van der Waals surface area contributed by atoms with Crippen LogP contribution >= 0.6 is 15.9 Å². The highest BCUT2D eigenvalue weighted by Crippen LogP contribution is 2.47. The Morgan fingerprint density at radius 1 is 1.33 bits per heavy atom. The Morgan fingerprint density at radius 2 is 2.00 bits per heavy atom. The van der Waals surface area contributed by atoms with Crippen molar-refractivity contribution < 1.29 is 9.59 Å². The van der Waals surface area contributed by atoms with Crippen LogP contribution in [0.1, 0.15) is 49.3 Å². The molecule has 0 radical (unpaired) electrons. The topological polar surface area (TPSA) is 46.2 Å². The summed E-state index contributed by atoms with van der Waals surface area (Å²) in [6.45, 7) is 5.97. The lowest BCUT2D eigenvalue weighted by Gasteiger charge is -2.22. The van der Waals surface area contributed by atoms with Gasteiger partial charge in [0.2, 0.25) is 5.91 Å². The Hall–Kier alpha value is -1.16. The van der Waals surface area contributed by atoms with E-state index in [0.717, 1.165) is 40.4 Å². The first-order valence-corrected chi connectivity index (χ1v) is 8.33. The van der Waals surface area contributed by atoms with Crippen LogP contribution in [-0.2, 0) is 16.0 Å². The average molecular weight is 350 g/mol. The molecule has 2 fully saturated rings. The molecular formula is C17H20BrNO2. The molecule has 0 bridgehead atoms. The molecule has 1 aliphatic heterocycles. The molecule has 1 aromatic rings. The molecule has 1 saturated carbocycles. The summed E-state index contributed by atoms with van der Waals surface area (Å²) < 4.78 is 0.868. The Bertz CT molecular complexity index is 636. The Morgan fingerprint density at radius 3 is 2.57 bits per heavy atom. The normalized spacial score (nSPS) is 28.9. The Kier molecular flexibility index (Phi) is 3.47. The number of amides is 1. The largest absolute Gasteiger partial charge is 0.343 e. The van der Waals surface area contributed by atoms with E-state index in [2.05, 4.69) is 34.2 Å². The summed E-state index contributed by atoms with van der Waals surface area (Å²) in [7, 11) is 0. The second-order valence-electron chi connectivity index (χ2n) is 6.44. The van der Waals surface area contributed by atoms with Crippen molar-refractivity contribution in [3.05, 3.63) is 33.3 Å². The summed E-state index contributed by atoms with van der Waals surface area (Å²) >= 11 is 3.56. The van der Waals surface area contributed by atoms with Crippen LogP contribution in [0.5, 0.6) is 0 Å². The summed E-state index contributed by atoms with van der Waals surface area (Å²) in [6, 6.07) is 4.06. The minimum Gasteiger partial charge on any atom is -0.343 e. The minimum absolute atomic E-state index is 0.0363. The fraction of sp³-hybridized carbons (Fsp3) is 0.529. The molecule has 1 amide bonds. The van der Waals surface area contributed by atoms with E-state index in [9.17, 15) is 9.59 Å². The van der Waals surface area contributed by atoms with Crippen molar-refractivity contribution in [2.24, 2.45) is 5.92 Å². The van der Waals surface area contributed by atoms with Crippen molar-refractivity contribution in [2.45, 2.75) is 51.5 Å². The number of halogens is 1. The van der Waals surface area contributed by atoms with E-state index >= 15 is 0 Å². The first kappa shape index (κ1) is 14.8. The number of hydrogen-bond donors (Lipinski definition) is 1. The average Bonchev–Trinajstić information content (AvgIpc) is 3.22. The third kappa shape index (κ3) is 2.24. The number of hydrogen-bond acceptors (Lipinski definition) is 2. The summed E-state index contributed by atoms with van der Waals surface area (Å²) in [5.74, 6) is -0.461. The van der Waals surface area contributed by atoms with Crippen molar-refractivity contribution in [3.63, 3.8) is 0 Å².